The second-order valence-corrected chi connectivity index (χ2v) is 4.07. The van der Waals surface area contributed by atoms with Gasteiger partial charge in [0.2, 0.25) is 0 Å². The van der Waals surface area contributed by atoms with Gasteiger partial charge in [-0.1, -0.05) is 17.7 Å². The highest BCUT2D eigenvalue weighted by Crippen LogP contribution is 2.11. The zero-order chi connectivity index (χ0) is 13.0. The third-order valence-electron chi connectivity index (χ3n) is 2.32. The number of aliphatic hydroxyl groups is 1. The number of aliphatic hydroxyl groups excluding tert-OH is 1. The van der Waals surface area contributed by atoms with Gasteiger partial charge in [-0.25, -0.2) is 4.98 Å². The van der Waals surface area contributed by atoms with Crippen molar-refractivity contribution < 1.29 is 9.90 Å². The van der Waals surface area contributed by atoms with E-state index in [0.717, 1.165) is 0 Å². The summed E-state index contributed by atoms with van der Waals surface area (Å²) in [7, 11) is 0. The summed E-state index contributed by atoms with van der Waals surface area (Å²) < 4.78 is 0. The molecular weight excluding hydrogens is 252 g/mol. The van der Waals surface area contributed by atoms with Gasteiger partial charge in [0.15, 0.2) is 0 Å². The lowest BCUT2D eigenvalue weighted by Gasteiger charge is -2.05. The van der Waals surface area contributed by atoms with E-state index in [1.807, 2.05) is 0 Å². The fraction of sp³-hybridized carbons (Fsp3) is 0.0769. The molecule has 0 aliphatic heterocycles. The smallest absolute Gasteiger partial charge is 0.256 e. The molecule has 0 spiro atoms. The first-order chi connectivity index (χ1) is 8.69. The lowest BCUT2D eigenvalue weighted by Crippen LogP contribution is -2.13. The summed E-state index contributed by atoms with van der Waals surface area (Å²) >= 11 is 5.74. The molecule has 1 aromatic heterocycles. The second kappa shape index (κ2) is 5.62. The molecule has 1 heterocycles. The Kier molecular flexibility index (Phi) is 3.92. The van der Waals surface area contributed by atoms with E-state index < -0.39 is 0 Å². The first-order valence-electron chi connectivity index (χ1n) is 5.33. The average molecular weight is 263 g/mol. The number of aromatic nitrogens is 1. The van der Waals surface area contributed by atoms with Crippen LogP contribution in [0.2, 0.25) is 5.02 Å². The molecular formula is C13H11ClN2O2. The topological polar surface area (TPSA) is 62.2 Å². The van der Waals surface area contributed by atoms with Crippen LogP contribution in [-0.4, -0.2) is 16.0 Å². The molecule has 2 aromatic rings. The zero-order valence-corrected chi connectivity index (χ0v) is 10.2. The van der Waals surface area contributed by atoms with Crippen LogP contribution in [0.3, 0.4) is 0 Å². The van der Waals surface area contributed by atoms with Gasteiger partial charge in [0.05, 0.1) is 12.3 Å². The Morgan fingerprint density at radius 2 is 1.94 bits per heavy atom. The molecule has 0 saturated heterocycles. The van der Waals surface area contributed by atoms with Crippen LogP contribution in [0.1, 0.15) is 16.1 Å². The van der Waals surface area contributed by atoms with Gasteiger partial charge in [-0.3, -0.25) is 4.79 Å². The van der Waals surface area contributed by atoms with E-state index >= 15 is 0 Å². The number of halogens is 1. The fourth-order valence-electron chi connectivity index (χ4n) is 1.43. The predicted molar refractivity (Wildman–Crippen MR) is 69.6 cm³/mol. The first-order valence-corrected chi connectivity index (χ1v) is 5.70. The van der Waals surface area contributed by atoms with Crippen molar-refractivity contribution >= 4 is 23.3 Å². The summed E-state index contributed by atoms with van der Waals surface area (Å²) in [6.07, 6.45) is 0. The molecule has 0 bridgehead atoms. The molecule has 1 amide bonds. The lowest BCUT2D eigenvalue weighted by molar-refractivity contribution is 0.102. The third-order valence-corrected chi connectivity index (χ3v) is 2.57. The molecule has 0 aliphatic carbocycles. The van der Waals surface area contributed by atoms with Crippen LogP contribution in [0.15, 0.2) is 42.5 Å². The Morgan fingerprint density at radius 3 is 2.61 bits per heavy atom. The largest absolute Gasteiger partial charge is 0.390 e. The number of anilines is 1. The molecule has 0 unspecified atom stereocenters. The normalized spacial score (nSPS) is 10.1. The van der Waals surface area contributed by atoms with Crippen LogP contribution in [0, 0.1) is 0 Å². The summed E-state index contributed by atoms with van der Waals surface area (Å²) in [5, 5.41) is 12.2. The average Bonchev–Trinajstić information content (AvgIpc) is 2.39. The Balaban J connectivity index is 2.13. The van der Waals surface area contributed by atoms with Gasteiger partial charge in [0, 0.05) is 10.6 Å². The van der Waals surface area contributed by atoms with Crippen molar-refractivity contribution in [3.05, 3.63) is 58.7 Å². The van der Waals surface area contributed by atoms with E-state index in [9.17, 15) is 4.79 Å². The number of nitrogens with zero attached hydrogens (tertiary/aromatic N) is 1. The Bertz CT molecular complexity index is 555. The van der Waals surface area contributed by atoms with Gasteiger partial charge in [-0.2, -0.15) is 0 Å². The molecule has 1 aromatic carbocycles. The maximum Gasteiger partial charge on any atom is 0.256 e. The van der Waals surface area contributed by atoms with Crippen molar-refractivity contribution in [3.63, 3.8) is 0 Å². The molecule has 0 radical (unpaired) electrons. The monoisotopic (exact) mass is 262 g/mol. The van der Waals surface area contributed by atoms with Gasteiger partial charge in [-0.15, -0.1) is 0 Å². The number of amides is 1. The highest BCUT2D eigenvalue weighted by Gasteiger charge is 2.06. The molecule has 0 atom stereocenters. The lowest BCUT2D eigenvalue weighted by atomic mass is 10.2. The number of hydrogen-bond acceptors (Lipinski definition) is 3. The number of pyridine rings is 1. The number of nitrogens with one attached hydrogen (secondary N) is 1. The summed E-state index contributed by atoms with van der Waals surface area (Å²) in [4.78, 5) is 15.9. The minimum absolute atomic E-state index is 0.162. The molecule has 18 heavy (non-hydrogen) atoms. The minimum atomic E-state index is -0.269. The van der Waals surface area contributed by atoms with Crippen LogP contribution in [-0.2, 0) is 6.61 Å². The molecule has 0 saturated carbocycles. The van der Waals surface area contributed by atoms with Gasteiger partial charge in [-0.05, 0) is 36.4 Å². The van der Waals surface area contributed by atoms with Gasteiger partial charge >= 0.3 is 0 Å². The molecule has 0 aliphatic rings. The van der Waals surface area contributed by atoms with Crippen LogP contribution in [0.5, 0.6) is 0 Å². The van der Waals surface area contributed by atoms with Crippen LogP contribution in [0.25, 0.3) is 0 Å². The highest BCUT2D eigenvalue weighted by molar-refractivity contribution is 6.30. The van der Waals surface area contributed by atoms with Crippen molar-refractivity contribution in [2.24, 2.45) is 0 Å². The molecule has 4 nitrogen and oxygen atoms in total. The van der Waals surface area contributed by atoms with Crippen molar-refractivity contribution in [3.8, 4) is 0 Å². The highest BCUT2D eigenvalue weighted by atomic mass is 35.5. The summed E-state index contributed by atoms with van der Waals surface area (Å²) in [6, 6.07) is 11.6. The van der Waals surface area contributed by atoms with E-state index in [1.54, 1.807) is 42.5 Å². The Morgan fingerprint density at radius 1 is 1.22 bits per heavy atom. The van der Waals surface area contributed by atoms with Gasteiger partial charge in [0.1, 0.15) is 5.82 Å². The summed E-state index contributed by atoms with van der Waals surface area (Å²) in [5.74, 6) is 0.135. The number of benzene rings is 1. The van der Waals surface area contributed by atoms with Crippen LogP contribution in [0.4, 0.5) is 5.82 Å². The molecule has 5 heteroatoms. The van der Waals surface area contributed by atoms with E-state index in [1.165, 1.54) is 0 Å². The SMILES string of the molecule is O=C(Nc1cccc(CO)n1)c1ccc(Cl)cc1. The quantitative estimate of drug-likeness (QED) is 0.893. The Hall–Kier alpha value is -1.91. The second-order valence-electron chi connectivity index (χ2n) is 3.63. The van der Waals surface area contributed by atoms with Crippen LogP contribution < -0.4 is 5.32 Å². The first kappa shape index (κ1) is 12.5. The molecule has 2 N–H and O–H groups in total. The third kappa shape index (κ3) is 3.06. The fourth-order valence-corrected chi connectivity index (χ4v) is 1.55. The number of hydrogen-bond donors (Lipinski definition) is 2. The molecule has 92 valence electrons. The Labute approximate surface area is 109 Å². The van der Waals surface area contributed by atoms with Crippen LogP contribution >= 0.6 is 11.6 Å². The van der Waals surface area contributed by atoms with Crippen molar-refractivity contribution in [1.29, 1.82) is 0 Å². The number of rotatable bonds is 3. The molecule has 0 fully saturated rings. The summed E-state index contributed by atoms with van der Waals surface area (Å²) in [5.41, 5.74) is 1.000. The van der Waals surface area contributed by atoms with Gasteiger partial charge < -0.3 is 10.4 Å². The van der Waals surface area contributed by atoms with E-state index in [2.05, 4.69) is 10.3 Å². The zero-order valence-electron chi connectivity index (χ0n) is 9.43. The van der Waals surface area contributed by atoms with Crippen molar-refractivity contribution in [2.75, 3.05) is 5.32 Å². The number of carbonyl (C=O) groups is 1. The standard InChI is InChI=1S/C13H11ClN2O2/c14-10-6-4-9(5-7-10)13(18)16-12-3-1-2-11(8-17)15-12/h1-7,17H,8H2,(H,15,16,18). The van der Waals surface area contributed by atoms with E-state index in [4.69, 9.17) is 16.7 Å². The van der Waals surface area contributed by atoms with Crippen molar-refractivity contribution in [1.82, 2.24) is 4.98 Å². The summed E-state index contributed by atoms with van der Waals surface area (Å²) in [6.45, 7) is -0.162. The van der Waals surface area contributed by atoms with Crippen molar-refractivity contribution in [2.45, 2.75) is 6.61 Å². The maximum atomic E-state index is 11.9. The van der Waals surface area contributed by atoms with E-state index in [-0.39, 0.29) is 12.5 Å². The number of carbonyl (C=O) groups excluding carboxylic acids is 1. The van der Waals surface area contributed by atoms with Gasteiger partial charge in [0.25, 0.3) is 5.91 Å². The minimum Gasteiger partial charge on any atom is -0.390 e. The predicted octanol–water partition coefficient (Wildman–Crippen LogP) is 2.48. The maximum absolute atomic E-state index is 11.9. The molecule has 2 rings (SSSR count). The van der Waals surface area contributed by atoms with E-state index in [0.29, 0.717) is 22.1 Å².